The average Bonchev–Trinajstić information content (AvgIpc) is 3.08. The fourth-order valence-corrected chi connectivity index (χ4v) is 8.67. The molecule has 0 amide bonds. The molecule has 0 aliphatic carbocycles. The lowest BCUT2D eigenvalue weighted by Crippen LogP contribution is -2.24. The van der Waals surface area contributed by atoms with Crippen LogP contribution >= 0.6 is 7.14 Å². The van der Waals surface area contributed by atoms with Crippen molar-refractivity contribution >= 4 is 66.5 Å². The Morgan fingerprint density at radius 2 is 1.14 bits per heavy atom. The van der Waals surface area contributed by atoms with Gasteiger partial charge in [-0.25, -0.2) is 4.98 Å². The van der Waals surface area contributed by atoms with Gasteiger partial charge in [-0.15, -0.1) is 0 Å². The molecule has 42 heavy (non-hydrogen) atoms. The Morgan fingerprint density at radius 3 is 1.86 bits per heavy atom. The second kappa shape index (κ2) is 9.73. The summed E-state index contributed by atoms with van der Waals surface area (Å²) in [7, 11) is -3.06. The second-order valence-electron chi connectivity index (χ2n) is 10.4. The van der Waals surface area contributed by atoms with Crippen molar-refractivity contribution < 1.29 is 4.57 Å². The Morgan fingerprint density at radius 1 is 0.500 bits per heavy atom. The molecule has 5 heteroatoms. The Kier molecular flexibility index (Phi) is 5.70. The number of hydrogen-bond donors (Lipinski definition) is 0. The van der Waals surface area contributed by atoms with E-state index in [9.17, 15) is 4.57 Å². The molecule has 0 unspecified atom stereocenters. The van der Waals surface area contributed by atoms with Gasteiger partial charge in [0.15, 0.2) is 7.14 Å². The Bertz CT molecular complexity index is 2280. The van der Waals surface area contributed by atoms with Crippen molar-refractivity contribution in [2.24, 2.45) is 0 Å². The third-order valence-corrected chi connectivity index (χ3v) is 11.1. The Balaban J connectivity index is 1.33. The van der Waals surface area contributed by atoms with E-state index in [1.165, 1.54) is 0 Å². The standard InChI is InChI=1S/C37H24N3OP/c41-42(27-11-3-1-4-12-27,28-13-5-2-6-14-28)29-20-17-26(18-21-29)35-31-16-8-7-15-30(31)34-32-22-19-25-10-9-23-38-36(25)37(32)39-24-33(34)40-35/h1-24H. The van der Waals surface area contributed by atoms with Crippen LogP contribution in [0.5, 0.6) is 0 Å². The summed E-state index contributed by atoms with van der Waals surface area (Å²) in [6.07, 6.45) is 3.67. The zero-order chi connectivity index (χ0) is 28.1. The van der Waals surface area contributed by atoms with Crippen molar-refractivity contribution in [3.63, 3.8) is 0 Å². The van der Waals surface area contributed by atoms with Crippen LogP contribution in [0.3, 0.4) is 0 Å². The van der Waals surface area contributed by atoms with Crippen molar-refractivity contribution in [3.05, 3.63) is 146 Å². The topological polar surface area (TPSA) is 55.7 Å². The van der Waals surface area contributed by atoms with Crippen LogP contribution in [0, 0.1) is 0 Å². The summed E-state index contributed by atoms with van der Waals surface area (Å²) in [6.45, 7) is 0. The second-order valence-corrected chi connectivity index (χ2v) is 13.2. The molecule has 0 spiro atoms. The minimum absolute atomic E-state index is 0.792. The highest BCUT2D eigenvalue weighted by atomic mass is 31.2. The molecule has 198 valence electrons. The molecule has 0 aliphatic heterocycles. The Labute approximate surface area is 242 Å². The summed E-state index contributed by atoms with van der Waals surface area (Å²) in [5, 5.41) is 7.77. The molecule has 0 N–H and O–H groups in total. The van der Waals surface area contributed by atoms with E-state index in [4.69, 9.17) is 9.97 Å². The van der Waals surface area contributed by atoms with Crippen LogP contribution in [0.2, 0.25) is 0 Å². The van der Waals surface area contributed by atoms with E-state index in [1.54, 1.807) is 0 Å². The fourth-order valence-electron chi connectivity index (χ4n) is 6.02. The van der Waals surface area contributed by atoms with Gasteiger partial charge in [0, 0.05) is 49.2 Å². The van der Waals surface area contributed by atoms with Gasteiger partial charge in [-0.1, -0.05) is 127 Å². The quantitative estimate of drug-likeness (QED) is 0.164. The van der Waals surface area contributed by atoms with Crippen molar-refractivity contribution in [1.29, 1.82) is 0 Å². The molecule has 0 fully saturated rings. The van der Waals surface area contributed by atoms with Crippen molar-refractivity contribution in [2.45, 2.75) is 0 Å². The summed E-state index contributed by atoms with van der Waals surface area (Å²) in [6, 6.07) is 44.2. The lowest BCUT2D eigenvalue weighted by atomic mass is 9.98. The van der Waals surface area contributed by atoms with E-state index in [-0.39, 0.29) is 0 Å². The van der Waals surface area contributed by atoms with Crippen molar-refractivity contribution in [2.75, 3.05) is 0 Å². The molecule has 0 saturated carbocycles. The smallest absolute Gasteiger partial charge is 0.171 e. The first-order valence-corrected chi connectivity index (χ1v) is 15.6. The summed E-state index contributed by atoms with van der Waals surface area (Å²) in [4.78, 5) is 14.6. The lowest BCUT2D eigenvalue weighted by molar-refractivity contribution is 0.592. The van der Waals surface area contributed by atoms with E-state index >= 15 is 0 Å². The first-order valence-electron chi connectivity index (χ1n) is 13.9. The van der Waals surface area contributed by atoms with Crippen LogP contribution in [0.4, 0.5) is 0 Å². The maximum Gasteiger partial charge on any atom is 0.171 e. The zero-order valence-corrected chi connectivity index (χ0v) is 23.4. The van der Waals surface area contributed by atoms with Gasteiger partial charge >= 0.3 is 0 Å². The van der Waals surface area contributed by atoms with E-state index in [2.05, 4.69) is 41.4 Å². The molecule has 8 aromatic rings. The molecule has 4 nitrogen and oxygen atoms in total. The van der Waals surface area contributed by atoms with E-state index < -0.39 is 7.14 Å². The number of fused-ring (bicyclic) bond motifs is 7. The van der Waals surface area contributed by atoms with E-state index in [1.807, 2.05) is 109 Å². The number of aromatic nitrogens is 3. The van der Waals surface area contributed by atoms with Crippen LogP contribution in [0.1, 0.15) is 0 Å². The maximum atomic E-state index is 14.8. The summed E-state index contributed by atoms with van der Waals surface area (Å²) >= 11 is 0. The van der Waals surface area contributed by atoms with Crippen molar-refractivity contribution in [3.8, 4) is 11.3 Å². The Hall–Kier alpha value is -5.18. The van der Waals surface area contributed by atoms with Crippen molar-refractivity contribution in [1.82, 2.24) is 15.0 Å². The normalized spacial score (nSPS) is 11.9. The monoisotopic (exact) mass is 557 g/mol. The number of pyridine rings is 3. The molecule has 0 radical (unpaired) electrons. The SMILES string of the molecule is O=P(c1ccccc1)(c1ccccc1)c1ccc(-c2nc3cnc4c(ccc5cccnc54)c3c3ccccc23)cc1. The van der Waals surface area contributed by atoms with E-state index in [0.29, 0.717) is 0 Å². The van der Waals surface area contributed by atoms with Crippen LogP contribution in [0.25, 0.3) is 54.7 Å². The van der Waals surface area contributed by atoms with Crippen LogP contribution in [-0.4, -0.2) is 15.0 Å². The third-order valence-electron chi connectivity index (χ3n) is 8.02. The number of benzene rings is 5. The van der Waals surface area contributed by atoms with Gasteiger partial charge < -0.3 is 4.57 Å². The van der Waals surface area contributed by atoms with Crippen LogP contribution in [0.15, 0.2) is 146 Å². The predicted molar refractivity (Wildman–Crippen MR) is 175 cm³/mol. The molecular formula is C37H24N3OP. The highest BCUT2D eigenvalue weighted by molar-refractivity contribution is 7.85. The van der Waals surface area contributed by atoms with Gasteiger partial charge in [0.05, 0.1) is 28.4 Å². The molecular weight excluding hydrogens is 533 g/mol. The molecule has 3 aromatic heterocycles. The first kappa shape index (κ1) is 24.6. The summed E-state index contributed by atoms with van der Waals surface area (Å²) in [5.41, 5.74) is 4.43. The van der Waals surface area contributed by atoms with Crippen LogP contribution < -0.4 is 15.9 Å². The molecule has 0 saturated heterocycles. The van der Waals surface area contributed by atoms with Gasteiger partial charge in [-0.2, -0.15) is 0 Å². The largest absolute Gasteiger partial charge is 0.309 e. The van der Waals surface area contributed by atoms with Gasteiger partial charge in [-0.05, 0) is 11.5 Å². The van der Waals surface area contributed by atoms with Gasteiger partial charge in [-0.3, -0.25) is 9.97 Å². The van der Waals surface area contributed by atoms with Gasteiger partial charge in [0.25, 0.3) is 0 Å². The van der Waals surface area contributed by atoms with E-state index in [0.717, 1.165) is 70.7 Å². The van der Waals surface area contributed by atoms with Gasteiger partial charge in [0.2, 0.25) is 0 Å². The number of rotatable bonds is 4. The lowest BCUT2D eigenvalue weighted by Gasteiger charge is -2.20. The summed E-state index contributed by atoms with van der Waals surface area (Å²) < 4.78 is 14.8. The molecule has 0 bridgehead atoms. The summed E-state index contributed by atoms with van der Waals surface area (Å²) in [5.74, 6) is 0. The number of hydrogen-bond acceptors (Lipinski definition) is 4. The minimum Gasteiger partial charge on any atom is -0.309 e. The minimum atomic E-state index is -3.06. The molecule has 0 aliphatic rings. The molecule has 5 aromatic carbocycles. The average molecular weight is 558 g/mol. The van der Waals surface area contributed by atoms with Gasteiger partial charge in [0.1, 0.15) is 0 Å². The molecule has 3 heterocycles. The highest BCUT2D eigenvalue weighted by Gasteiger charge is 2.29. The maximum absolute atomic E-state index is 14.8. The number of nitrogens with zero attached hydrogens (tertiary/aromatic N) is 3. The molecule has 0 atom stereocenters. The highest BCUT2D eigenvalue weighted by Crippen LogP contribution is 2.43. The third kappa shape index (κ3) is 3.77. The predicted octanol–water partition coefficient (Wildman–Crippen LogP) is 7.79. The first-order chi connectivity index (χ1) is 20.7. The zero-order valence-electron chi connectivity index (χ0n) is 22.6. The fraction of sp³-hybridized carbons (Fsp3) is 0. The molecule has 8 rings (SSSR count). The van der Waals surface area contributed by atoms with Crippen LogP contribution in [-0.2, 0) is 4.57 Å².